The lowest BCUT2D eigenvalue weighted by Crippen LogP contribution is -2.00. The third-order valence-electron chi connectivity index (χ3n) is 2.90. The third-order valence-corrected chi connectivity index (χ3v) is 3.55. The first-order valence-corrected chi connectivity index (χ1v) is 6.75. The van der Waals surface area contributed by atoms with Crippen LogP contribution in [0.5, 0.6) is 5.75 Å². The van der Waals surface area contributed by atoms with Crippen LogP contribution in [0.1, 0.15) is 15.9 Å². The number of nitrogens with one attached hydrogen (secondary N) is 1. The van der Waals surface area contributed by atoms with Gasteiger partial charge in [-0.1, -0.05) is 0 Å². The molecule has 0 atom stereocenters. The molecule has 0 aliphatic heterocycles. The summed E-state index contributed by atoms with van der Waals surface area (Å²) in [6.45, 7) is 1.77. The molecular weight excluding hydrogens is 322 g/mol. The summed E-state index contributed by atoms with van der Waals surface area (Å²) in [6.07, 6.45) is 0. The fourth-order valence-electron chi connectivity index (χ4n) is 1.89. The molecule has 0 saturated carbocycles. The highest BCUT2D eigenvalue weighted by Crippen LogP contribution is 2.29. The van der Waals surface area contributed by atoms with Crippen molar-refractivity contribution in [1.82, 2.24) is 0 Å². The maximum Gasteiger partial charge on any atom is 0.335 e. The van der Waals surface area contributed by atoms with Crippen molar-refractivity contribution < 1.29 is 14.6 Å². The van der Waals surface area contributed by atoms with Crippen molar-refractivity contribution in [2.75, 3.05) is 12.4 Å². The Hall–Kier alpha value is -2.01. The van der Waals surface area contributed by atoms with Gasteiger partial charge in [0.25, 0.3) is 0 Å². The number of halogens is 1. The normalized spacial score (nSPS) is 10.2. The summed E-state index contributed by atoms with van der Waals surface area (Å²) in [5.41, 5.74) is 2.72. The van der Waals surface area contributed by atoms with Crippen molar-refractivity contribution in [3.63, 3.8) is 0 Å². The average Bonchev–Trinajstić information content (AvgIpc) is 2.40. The lowest BCUT2D eigenvalue weighted by molar-refractivity contribution is 0.0696. The zero-order valence-corrected chi connectivity index (χ0v) is 12.7. The largest absolute Gasteiger partial charge is 0.495 e. The van der Waals surface area contributed by atoms with E-state index in [2.05, 4.69) is 21.2 Å². The Morgan fingerprint density at radius 1 is 1.20 bits per heavy atom. The van der Waals surface area contributed by atoms with E-state index in [0.29, 0.717) is 11.1 Å². The molecule has 2 aromatic carbocycles. The van der Waals surface area contributed by atoms with E-state index in [1.807, 2.05) is 18.2 Å². The van der Waals surface area contributed by atoms with E-state index in [0.717, 1.165) is 21.6 Å². The van der Waals surface area contributed by atoms with Crippen LogP contribution < -0.4 is 10.1 Å². The Morgan fingerprint density at radius 2 is 1.85 bits per heavy atom. The summed E-state index contributed by atoms with van der Waals surface area (Å²) >= 11 is 3.40. The Balaban J connectivity index is 2.26. The van der Waals surface area contributed by atoms with Crippen molar-refractivity contribution in [3.05, 3.63) is 52.0 Å². The molecule has 5 heteroatoms. The van der Waals surface area contributed by atoms with Gasteiger partial charge in [0.15, 0.2) is 0 Å². The second kappa shape index (κ2) is 5.96. The highest BCUT2D eigenvalue weighted by atomic mass is 79.9. The lowest BCUT2D eigenvalue weighted by Gasteiger charge is -2.11. The van der Waals surface area contributed by atoms with Gasteiger partial charge in [-0.3, -0.25) is 0 Å². The number of hydrogen-bond donors (Lipinski definition) is 2. The average molecular weight is 336 g/mol. The molecule has 2 aromatic rings. The van der Waals surface area contributed by atoms with E-state index in [-0.39, 0.29) is 0 Å². The summed E-state index contributed by atoms with van der Waals surface area (Å²) in [5.74, 6) is -0.187. The third kappa shape index (κ3) is 3.11. The van der Waals surface area contributed by atoms with Gasteiger partial charge < -0.3 is 15.2 Å². The van der Waals surface area contributed by atoms with E-state index >= 15 is 0 Å². The first-order chi connectivity index (χ1) is 9.51. The molecule has 0 unspecified atom stereocenters. The molecule has 2 N–H and O–H groups in total. The van der Waals surface area contributed by atoms with Gasteiger partial charge in [0.05, 0.1) is 17.1 Å². The summed E-state index contributed by atoms with van der Waals surface area (Å²) in [6, 6.07) is 10.8. The molecular formula is C15H14BrNO3. The molecule has 0 spiro atoms. The Kier molecular flexibility index (Phi) is 4.29. The molecule has 0 aromatic heterocycles. The highest BCUT2D eigenvalue weighted by Gasteiger charge is 2.08. The second-order valence-corrected chi connectivity index (χ2v) is 5.16. The van der Waals surface area contributed by atoms with Crippen molar-refractivity contribution in [3.8, 4) is 5.75 Å². The number of carboxylic acid groups (broad SMARTS) is 1. The number of rotatable bonds is 4. The Morgan fingerprint density at radius 3 is 2.45 bits per heavy atom. The van der Waals surface area contributed by atoms with Gasteiger partial charge in [0.2, 0.25) is 0 Å². The molecule has 0 aliphatic rings. The van der Waals surface area contributed by atoms with Crippen LogP contribution in [0.2, 0.25) is 0 Å². The number of anilines is 2. The zero-order valence-electron chi connectivity index (χ0n) is 11.1. The summed E-state index contributed by atoms with van der Waals surface area (Å²) in [4.78, 5) is 11.0. The second-order valence-electron chi connectivity index (χ2n) is 4.31. The van der Waals surface area contributed by atoms with Crippen molar-refractivity contribution in [2.24, 2.45) is 0 Å². The lowest BCUT2D eigenvalue weighted by atomic mass is 10.1. The predicted octanol–water partition coefficient (Wildman–Crippen LogP) is 4.21. The molecule has 2 rings (SSSR count). The highest BCUT2D eigenvalue weighted by molar-refractivity contribution is 9.10. The number of carboxylic acids is 1. The molecule has 0 amide bonds. The van der Waals surface area contributed by atoms with E-state index < -0.39 is 5.97 Å². The SMILES string of the molecule is COc1cc(Nc2ccc(C(=O)O)c(C)c2)ccc1Br. The van der Waals surface area contributed by atoms with Gasteiger partial charge in [-0.15, -0.1) is 0 Å². The molecule has 20 heavy (non-hydrogen) atoms. The van der Waals surface area contributed by atoms with Crippen LogP contribution in [-0.4, -0.2) is 18.2 Å². The maximum absolute atomic E-state index is 11.0. The van der Waals surface area contributed by atoms with Crippen molar-refractivity contribution >= 4 is 33.3 Å². The summed E-state index contributed by atoms with van der Waals surface area (Å²) in [5, 5.41) is 12.2. The first kappa shape index (κ1) is 14.4. The van der Waals surface area contributed by atoms with Gasteiger partial charge in [0.1, 0.15) is 5.75 Å². The van der Waals surface area contributed by atoms with Gasteiger partial charge >= 0.3 is 5.97 Å². The van der Waals surface area contributed by atoms with E-state index in [1.165, 1.54) is 0 Å². The molecule has 0 bridgehead atoms. The van der Waals surface area contributed by atoms with E-state index in [9.17, 15) is 4.79 Å². The minimum absolute atomic E-state index is 0.309. The Bertz CT molecular complexity index is 656. The van der Waals surface area contributed by atoms with E-state index in [4.69, 9.17) is 9.84 Å². The molecule has 0 fully saturated rings. The van der Waals surface area contributed by atoms with Crippen LogP contribution in [0.3, 0.4) is 0 Å². The van der Waals surface area contributed by atoms with Crippen LogP contribution >= 0.6 is 15.9 Å². The van der Waals surface area contributed by atoms with Crippen LogP contribution in [0.4, 0.5) is 11.4 Å². The van der Waals surface area contributed by atoms with Crippen LogP contribution in [-0.2, 0) is 0 Å². The van der Waals surface area contributed by atoms with Gasteiger partial charge in [0, 0.05) is 17.4 Å². The fraction of sp³-hybridized carbons (Fsp3) is 0.133. The topological polar surface area (TPSA) is 58.6 Å². The summed E-state index contributed by atoms with van der Waals surface area (Å²) < 4.78 is 6.11. The fourth-order valence-corrected chi connectivity index (χ4v) is 2.29. The van der Waals surface area contributed by atoms with Crippen molar-refractivity contribution in [1.29, 1.82) is 0 Å². The number of hydrogen-bond acceptors (Lipinski definition) is 3. The number of ether oxygens (including phenoxy) is 1. The predicted molar refractivity (Wildman–Crippen MR) is 82.1 cm³/mol. The van der Waals surface area contributed by atoms with Crippen molar-refractivity contribution in [2.45, 2.75) is 6.92 Å². The van der Waals surface area contributed by atoms with Gasteiger partial charge in [-0.2, -0.15) is 0 Å². The van der Waals surface area contributed by atoms with Gasteiger partial charge in [-0.25, -0.2) is 4.79 Å². The van der Waals surface area contributed by atoms with Crippen LogP contribution in [0.15, 0.2) is 40.9 Å². The Labute approximate surface area is 125 Å². The standard InChI is InChI=1S/C15H14BrNO3/c1-9-7-10(3-5-12(9)15(18)19)17-11-4-6-13(16)14(8-11)20-2/h3-8,17H,1-2H3,(H,18,19). The minimum atomic E-state index is -0.917. The molecule has 0 aliphatic carbocycles. The minimum Gasteiger partial charge on any atom is -0.495 e. The van der Waals surface area contributed by atoms with E-state index in [1.54, 1.807) is 32.2 Å². The number of carbonyl (C=O) groups is 1. The number of aryl methyl sites for hydroxylation is 1. The smallest absolute Gasteiger partial charge is 0.335 e. The number of benzene rings is 2. The zero-order chi connectivity index (χ0) is 14.7. The van der Waals surface area contributed by atoms with Crippen LogP contribution in [0, 0.1) is 6.92 Å². The van der Waals surface area contributed by atoms with Crippen LogP contribution in [0.25, 0.3) is 0 Å². The van der Waals surface area contributed by atoms with Gasteiger partial charge in [-0.05, 0) is 58.7 Å². The molecule has 104 valence electrons. The number of aromatic carboxylic acids is 1. The number of methoxy groups -OCH3 is 1. The maximum atomic E-state index is 11.0. The monoisotopic (exact) mass is 335 g/mol. The molecule has 0 saturated heterocycles. The first-order valence-electron chi connectivity index (χ1n) is 5.96. The summed E-state index contributed by atoms with van der Waals surface area (Å²) in [7, 11) is 1.61. The quantitative estimate of drug-likeness (QED) is 0.878. The molecule has 4 nitrogen and oxygen atoms in total. The molecule has 0 heterocycles. The molecule has 0 radical (unpaired) electrons.